The highest BCUT2D eigenvalue weighted by Gasteiger charge is 2.21. The standard InChI is InChI=1S/C12H14ClFO3/c13-9-7-10-12(17-6-2-5-16-10)8(11(9)14)3-1-4-15/h7,15H,1-6H2. The molecule has 0 aliphatic carbocycles. The molecule has 1 aromatic carbocycles. The smallest absolute Gasteiger partial charge is 0.167 e. The van der Waals surface area contributed by atoms with Crippen molar-refractivity contribution in [3.63, 3.8) is 0 Å². The van der Waals surface area contributed by atoms with Crippen molar-refractivity contribution in [3.8, 4) is 11.5 Å². The fourth-order valence-corrected chi connectivity index (χ4v) is 2.01. The summed E-state index contributed by atoms with van der Waals surface area (Å²) >= 11 is 5.81. The molecule has 1 aromatic rings. The van der Waals surface area contributed by atoms with E-state index in [2.05, 4.69) is 0 Å². The van der Waals surface area contributed by atoms with Crippen LogP contribution in [0.5, 0.6) is 11.5 Å². The van der Waals surface area contributed by atoms with Gasteiger partial charge in [-0.25, -0.2) is 4.39 Å². The molecule has 0 atom stereocenters. The summed E-state index contributed by atoms with van der Waals surface area (Å²) in [6.45, 7) is 1.04. The Labute approximate surface area is 104 Å². The van der Waals surface area contributed by atoms with Gasteiger partial charge in [-0.3, -0.25) is 0 Å². The molecule has 0 saturated carbocycles. The number of ether oxygens (including phenoxy) is 2. The van der Waals surface area contributed by atoms with Gasteiger partial charge in [-0.15, -0.1) is 0 Å². The Morgan fingerprint density at radius 2 is 2.12 bits per heavy atom. The highest BCUT2D eigenvalue weighted by atomic mass is 35.5. The maximum absolute atomic E-state index is 13.9. The number of aliphatic hydroxyl groups excluding tert-OH is 1. The second-order valence-corrected chi connectivity index (χ2v) is 4.26. The van der Waals surface area contributed by atoms with E-state index in [1.807, 2.05) is 0 Å². The van der Waals surface area contributed by atoms with Crippen LogP contribution in [0.3, 0.4) is 0 Å². The van der Waals surface area contributed by atoms with Crippen LogP contribution in [0.25, 0.3) is 0 Å². The molecule has 0 radical (unpaired) electrons. The quantitative estimate of drug-likeness (QED) is 0.908. The largest absolute Gasteiger partial charge is 0.489 e. The van der Waals surface area contributed by atoms with Crippen LogP contribution in [0.15, 0.2) is 6.07 Å². The average Bonchev–Trinajstić information content (AvgIpc) is 2.55. The monoisotopic (exact) mass is 260 g/mol. The van der Waals surface area contributed by atoms with Gasteiger partial charge in [0.05, 0.1) is 18.2 Å². The van der Waals surface area contributed by atoms with Crippen LogP contribution in [-0.2, 0) is 6.42 Å². The molecule has 1 aliphatic rings. The maximum Gasteiger partial charge on any atom is 0.167 e. The Morgan fingerprint density at radius 1 is 1.35 bits per heavy atom. The fourth-order valence-electron chi connectivity index (χ4n) is 1.80. The average molecular weight is 261 g/mol. The fraction of sp³-hybridized carbons (Fsp3) is 0.500. The SMILES string of the molecule is OCCCc1c(F)c(Cl)cc2c1OCCCO2. The van der Waals surface area contributed by atoms with E-state index < -0.39 is 5.82 Å². The molecular formula is C12H14ClFO3. The van der Waals surface area contributed by atoms with E-state index in [1.165, 1.54) is 6.07 Å². The van der Waals surface area contributed by atoms with Crippen LogP contribution >= 0.6 is 11.6 Å². The lowest BCUT2D eigenvalue weighted by molar-refractivity contribution is 0.284. The van der Waals surface area contributed by atoms with Gasteiger partial charge in [0.2, 0.25) is 0 Å². The lowest BCUT2D eigenvalue weighted by atomic mass is 10.1. The number of halogens is 2. The van der Waals surface area contributed by atoms with Crippen molar-refractivity contribution in [2.24, 2.45) is 0 Å². The third-order valence-electron chi connectivity index (χ3n) is 2.61. The third-order valence-corrected chi connectivity index (χ3v) is 2.88. The number of rotatable bonds is 3. The molecule has 0 spiro atoms. The first-order chi connectivity index (χ1) is 8.24. The number of hydrogen-bond acceptors (Lipinski definition) is 3. The summed E-state index contributed by atoms with van der Waals surface area (Å²) in [6.07, 6.45) is 1.61. The van der Waals surface area contributed by atoms with Crippen molar-refractivity contribution in [1.29, 1.82) is 0 Å². The van der Waals surface area contributed by atoms with Gasteiger partial charge in [0, 0.05) is 24.7 Å². The third kappa shape index (κ3) is 2.64. The zero-order chi connectivity index (χ0) is 12.3. The second kappa shape index (κ2) is 5.56. The summed E-state index contributed by atoms with van der Waals surface area (Å²) in [5.41, 5.74) is 0.392. The minimum absolute atomic E-state index is 0.00157. The van der Waals surface area contributed by atoms with Gasteiger partial charge in [-0.1, -0.05) is 11.6 Å². The van der Waals surface area contributed by atoms with Gasteiger partial charge in [0.15, 0.2) is 11.5 Å². The molecule has 5 heteroatoms. The van der Waals surface area contributed by atoms with Crippen LogP contribution in [0, 0.1) is 5.82 Å². The molecule has 0 saturated heterocycles. The Bertz CT molecular complexity index is 409. The molecule has 1 aliphatic heterocycles. The minimum atomic E-state index is -0.482. The summed E-state index contributed by atoms with van der Waals surface area (Å²) in [6, 6.07) is 1.44. The van der Waals surface area contributed by atoms with Gasteiger partial charge in [0.1, 0.15) is 5.82 Å². The molecular weight excluding hydrogens is 247 g/mol. The summed E-state index contributed by atoms with van der Waals surface area (Å²) in [7, 11) is 0. The Kier molecular flexibility index (Phi) is 4.07. The number of benzene rings is 1. The summed E-state index contributed by atoms with van der Waals surface area (Å²) in [5.74, 6) is 0.434. The highest BCUT2D eigenvalue weighted by Crippen LogP contribution is 2.39. The van der Waals surface area contributed by atoms with Crippen molar-refractivity contribution in [1.82, 2.24) is 0 Å². The van der Waals surface area contributed by atoms with Gasteiger partial charge in [0.25, 0.3) is 0 Å². The van der Waals surface area contributed by atoms with Crippen molar-refractivity contribution >= 4 is 11.6 Å². The van der Waals surface area contributed by atoms with E-state index in [9.17, 15) is 4.39 Å². The molecule has 94 valence electrons. The summed E-state index contributed by atoms with van der Waals surface area (Å²) in [5, 5.41) is 8.85. The van der Waals surface area contributed by atoms with Gasteiger partial charge < -0.3 is 14.6 Å². The first kappa shape index (κ1) is 12.5. The second-order valence-electron chi connectivity index (χ2n) is 3.86. The van der Waals surface area contributed by atoms with E-state index in [0.29, 0.717) is 43.1 Å². The van der Waals surface area contributed by atoms with E-state index in [4.69, 9.17) is 26.2 Å². The first-order valence-corrected chi connectivity index (χ1v) is 5.99. The first-order valence-electron chi connectivity index (χ1n) is 5.61. The van der Waals surface area contributed by atoms with Crippen LogP contribution in [0.2, 0.25) is 5.02 Å². The molecule has 2 rings (SSSR count). The molecule has 0 unspecified atom stereocenters. The normalized spacial score (nSPS) is 14.5. The van der Waals surface area contributed by atoms with Gasteiger partial charge >= 0.3 is 0 Å². The van der Waals surface area contributed by atoms with Crippen LogP contribution in [-0.4, -0.2) is 24.9 Å². The Morgan fingerprint density at radius 3 is 2.88 bits per heavy atom. The Balaban J connectivity index is 2.42. The van der Waals surface area contributed by atoms with E-state index in [0.717, 1.165) is 6.42 Å². The number of aliphatic hydroxyl groups is 1. The van der Waals surface area contributed by atoms with Gasteiger partial charge in [-0.2, -0.15) is 0 Å². The van der Waals surface area contributed by atoms with Crippen molar-refractivity contribution < 1.29 is 19.0 Å². The lowest BCUT2D eigenvalue weighted by Crippen LogP contribution is -2.02. The molecule has 0 amide bonds. The van der Waals surface area contributed by atoms with Crippen LogP contribution in [0.1, 0.15) is 18.4 Å². The lowest BCUT2D eigenvalue weighted by Gasteiger charge is -2.14. The van der Waals surface area contributed by atoms with Crippen molar-refractivity contribution in [2.45, 2.75) is 19.3 Å². The molecule has 3 nitrogen and oxygen atoms in total. The van der Waals surface area contributed by atoms with E-state index >= 15 is 0 Å². The molecule has 0 bridgehead atoms. The van der Waals surface area contributed by atoms with Crippen molar-refractivity contribution in [3.05, 3.63) is 22.5 Å². The molecule has 1 N–H and O–H groups in total. The van der Waals surface area contributed by atoms with E-state index in [1.54, 1.807) is 0 Å². The van der Waals surface area contributed by atoms with E-state index in [-0.39, 0.29) is 11.6 Å². The van der Waals surface area contributed by atoms with Gasteiger partial charge in [-0.05, 0) is 12.8 Å². The zero-order valence-corrected chi connectivity index (χ0v) is 10.1. The predicted octanol–water partition coefficient (Wildman–Crippen LogP) is 2.57. The predicted molar refractivity (Wildman–Crippen MR) is 62.4 cm³/mol. The van der Waals surface area contributed by atoms with Crippen LogP contribution < -0.4 is 9.47 Å². The zero-order valence-electron chi connectivity index (χ0n) is 9.34. The van der Waals surface area contributed by atoms with Crippen molar-refractivity contribution in [2.75, 3.05) is 19.8 Å². The minimum Gasteiger partial charge on any atom is -0.489 e. The molecule has 0 fully saturated rings. The molecule has 17 heavy (non-hydrogen) atoms. The topological polar surface area (TPSA) is 38.7 Å². The maximum atomic E-state index is 13.9. The molecule has 1 heterocycles. The summed E-state index contributed by atoms with van der Waals surface area (Å²) in [4.78, 5) is 0. The molecule has 0 aromatic heterocycles. The Hall–Kier alpha value is -1.00. The number of hydrogen-bond donors (Lipinski definition) is 1. The van der Waals surface area contributed by atoms with Crippen LogP contribution in [0.4, 0.5) is 4.39 Å². The highest BCUT2D eigenvalue weighted by molar-refractivity contribution is 6.31. The summed E-state index contributed by atoms with van der Waals surface area (Å²) < 4.78 is 24.9. The number of fused-ring (bicyclic) bond motifs is 1.